The maximum Gasteiger partial charge on any atom is 0.191 e. The highest BCUT2D eigenvalue weighted by molar-refractivity contribution is 14.0. The molecule has 1 aliphatic heterocycles. The average Bonchev–Trinajstić information content (AvgIpc) is 2.61. The van der Waals surface area contributed by atoms with Crippen LogP contribution in [0.5, 0.6) is 0 Å². The molecule has 0 aliphatic carbocycles. The lowest BCUT2D eigenvalue weighted by Crippen LogP contribution is -2.43. The van der Waals surface area contributed by atoms with Crippen molar-refractivity contribution in [3.8, 4) is 0 Å². The van der Waals surface area contributed by atoms with E-state index in [2.05, 4.69) is 15.6 Å². The molecule has 4 N–H and O–H groups in total. The molecule has 2 rings (SSSR count). The van der Waals surface area contributed by atoms with Gasteiger partial charge in [0.1, 0.15) is 0 Å². The van der Waals surface area contributed by atoms with Crippen LogP contribution in [0.2, 0.25) is 0 Å². The maximum atomic E-state index is 10.5. The number of guanidine groups is 1. The van der Waals surface area contributed by atoms with Crippen molar-refractivity contribution in [2.75, 3.05) is 39.5 Å². The van der Waals surface area contributed by atoms with Gasteiger partial charge in [0.25, 0.3) is 0 Å². The highest BCUT2D eigenvalue weighted by atomic mass is 127. The summed E-state index contributed by atoms with van der Waals surface area (Å²) in [6.07, 6.45) is 1.22. The second kappa shape index (κ2) is 11.7. The van der Waals surface area contributed by atoms with Gasteiger partial charge < -0.3 is 25.6 Å². The van der Waals surface area contributed by atoms with Gasteiger partial charge in [0, 0.05) is 45.1 Å². The van der Waals surface area contributed by atoms with Crippen molar-refractivity contribution in [2.45, 2.75) is 31.3 Å². The first-order valence-electron chi connectivity index (χ1n) is 8.65. The van der Waals surface area contributed by atoms with Crippen LogP contribution in [0.15, 0.2) is 35.3 Å². The Morgan fingerprint density at radius 3 is 2.52 bits per heavy atom. The second-order valence-electron chi connectivity index (χ2n) is 6.20. The number of halogens is 1. The van der Waals surface area contributed by atoms with Crippen molar-refractivity contribution >= 4 is 29.9 Å². The topological polar surface area (TPSA) is 86.1 Å². The number of benzene rings is 1. The van der Waals surface area contributed by atoms with Crippen LogP contribution in [-0.2, 0) is 4.74 Å². The molecule has 25 heavy (non-hydrogen) atoms. The molecule has 142 valence electrons. The molecule has 0 amide bonds. The Balaban J connectivity index is 0.00000312. The maximum absolute atomic E-state index is 10.5. The number of hydrogen-bond acceptors (Lipinski definition) is 4. The van der Waals surface area contributed by atoms with Crippen LogP contribution < -0.4 is 10.6 Å². The summed E-state index contributed by atoms with van der Waals surface area (Å²) in [5.74, 6) is 0.660. The van der Waals surface area contributed by atoms with E-state index in [1.807, 2.05) is 37.3 Å². The Kier molecular flexibility index (Phi) is 10.3. The molecule has 7 heteroatoms. The number of aliphatic imine (C=N–C) groups is 1. The number of rotatable bonds is 7. The highest BCUT2D eigenvalue weighted by Gasteiger charge is 2.29. The molecule has 1 aliphatic rings. The first kappa shape index (κ1) is 22.1. The fourth-order valence-corrected chi connectivity index (χ4v) is 2.71. The van der Waals surface area contributed by atoms with Crippen LogP contribution in [0.3, 0.4) is 0 Å². The zero-order valence-corrected chi connectivity index (χ0v) is 17.1. The van der Waals surface area contributed by atoms with Gasteiger partial charge in [-0.15, -0.1) is 24.0 Å². The molecule has 0 saturated carbocycles. The van der Waals surface area contributed by atoms with Gasteiger partial charge in [-0.05, 0) is 12.5 Å². The van der Waals surface area contributed by atoms with Crippen LogP contribution in [0.1, 0.15) is 31.2 Å². The van der Waals surface area contributed by atoms with Crippen molar-refractivity contribution in [1.29, 1.82) is 0 Å². The molecule has 1 aromatic carbocycles. The third kappa shape index (κ3) is 7.47. The summed E-state index contributed by atoms with van der Waals surface area (Å²) in [6, 6.07) is 9.93. The Labute approximate surface area is 167 Å². The van der Waals surface area contributed by atoms with Crippen LogP contribution in [0.4, 0.5) is 0 Å². The summed E-state index contributed by atoms with van der Waals surface area (Å²) in [7, 11) is 0. The van der Waals surface area contributed by atoms with Gasteiger partial charge in [-0.1, -0.05) is 30.3 Å². The number of aliphatic hydroxyl groups is 2. The molecular formula is C18H30IN3O3. The lowest BCUT2D eigenvalue weighted by Gasteiger charge is -2.30. The van der Waals surface area contributed by atoms with Crippen LogP contribution in [-0.4, -0.2) is 61.2 Å². The normalized spacial score (nSPS) is 18.1. The minimum atomic E-state index is -0.781. The van der Waals surface area contributed by atoms with Gasteiger partial charge in [0.2, 0.25) is 0 Å². The number of hydrogen-bond donors (Lipinski definition) is 4. The zero-order valence-electron chi connectivity index (χ0n) is 14.8. The van der Waals surface area contributed by atoms with Crippen molar-refractivity contribution in [3.05, 3.63) is 35.9 Å². The molecular weight excluding hydrogens is 433 g/mol. The van der Waals surface area contributed by atoms with E-state index in [4.69, 9.17) is 4.74 Å². The van der Waals surface area contributed by atoms with Gasteiger partial charge in [-0.25, -0.2) is 0 Å². The van der Waals surface area contributed by atoms with Crippen LogP contribution in [0.25, 0.3) is 0 Å². The predicted molar refractivity (Wildman–Crippen MR) is 111 cm³/mol. The number of nitrogens with one attached hydrogen (secondary N) is 2. The highest BCUT2D eigenvalue weighted by Crippen LogP contribution is 2.20. The average molecular weight is 463 g/mol. The molecule has 0 spiro atoms. The van der Waals surface area contributed by atoms with Gasteiger partial charge >= 0.3 is 0 Å². The van der Waals surface area contributed by atoms with Crippen molar-refractivity contribution < 1.29 is 14.9 Å². The molecule has 1 saturated heterocycles. The summed E-state index contributed by atoms with van der Waals surface area (Å²) in [6.45, 7) is 4.89. The largest absolute Gasteiger partial charge is 0.396 e. The fourth-order valence-electron chi connectivity index (χ4n) is 2.71. The quantitative estimate of drug-likeness (QED) is 0.280. The molecule has 0 aromatic heterocycles. The standard InChI is InChI=1S/C18H29N3O3.HI/c1-2-19-17(21-14-18(23)8-10-24-11-9-18)20-12-16(13-22)15-6-4-3-5-7-15;/h3-7,16,22-23H,2,8-14H2,1H3,(H2,19,20,21);1H. The van der Waals surface area contributed by atoms with E-state index in [-0.39, 0.29) is 36.5 Å². The van der Waals surface area contributed by atoms with E-state index in [0.29, 0.717) is 45.1 Å². The van der Waals surface area contributed by atoms with Gasteiger partial charge in [-0.2, -0.15) is 0 Å². The minimum Gasteiger partial charge on any atom is -0.396 e. The Hall–Kier alpha value is -0.900. The van der Waals surface area contributed by atoms with Crippen LogP contribution in [0, 0.1) is 0 Å². The molecule has 1 heterocycles. The van der Waals surface area contributed by atoms with E-state index in [0.717, 1.165) is 12.1 Å². The number of nitrogens with zero attached hydrogens (tertiary/aromatic N) is 1. The summed E-state index contributed by atoms with van der Waals surface area (Å²) < 4.78 is 5.29. The van der Waals surface area contributed by atoms with E-state index in [9.17, 15) is 10.2 Å². The lowest BCUT2D eigenvalue weighted by molar-refractivity contribution is -0.0566. The molecule has 6 nitrogen and oxygen atoms in total. The SMILES string of the molecule is CCNC(=NCC1(O)CCOCC1)NCC(CO)c1ccccc1.I. The zero-order chi connectivity index (χ0) is 17.3. The molecule has 1 atom stereocenters. The summed E-state index contributed by atoms with van der Waals surface area (Å²) in [4.78, 5) is 4.52. The van der Waals surface area contributed by atoms with E-state index >= 15 is 0 Å². The minimum absolute atomic E-state index is 0. The lowest BCUT2D eigenvalue weighted by atomic mass is 9.95. The summed E-state index contributed by atoms with van der Waals surface area (Å²) >= 11 is 0. The van der Waals surface area contributed by atoms with E-state index in [1.54, 1.807) is 0 Å². The first-order chi connectivity index (χ1) is 11.7. The van der Waals surface area contributed by atoms with Crippen LogP contribution >= 0.6 is 24.0 Å². The predicted octanol–water partition coefficient (Wildman–Crippen LogP) is 1.48. The Morgan fingerprint density at radius 1 is 1.24 bits per heavy atom. The van der Waals surface area contributed by atoms with E-state index in [1.165, 1.54) is 0 Å². The number of ether oxygens (including phenoxy) is 1. The second-order valence-corrected chi connectivity index (χ2v) is 6.20. The Morgan fingerprint density at radius 2 is 1.92 bits per heavy atom. The van der Waals surface area contributed by atoms with E-state index < -0.39 is 5.60 Å². The van der Waals surface area contributed by atoms with Gasteiger partial charge in [-0.3, -0.25) is 4.99 Å². The monoisotopic (exact) mass is 463 g/mol. The third-order valence-corrected chi connectivity index (χ3v) is 4.31. The molecule has 1 unspecified atom stereocenters. The smallest absolute Gasteiger partial charge is 0.191 e. The molecule has 0 radical (unpaired) electrons. The van der Waals surface area contributed by atoms with Crippen molar-refractivity contribution in [3.63, 3.8) is 0 Å². The number of aliphatic hydroxyl groups excluding tert-OH is 1. The summed E-state index contributed by atoms with van der Waals surface area (Å²) in [5.41, 5.74) is 0.308. The third-order valence-electron chi connectivity index (χ3n) is 4.31. The van der Waals surface area contributed by atoms with Crippen molar-refractivity contribution in [2.24, 2.45) is 4.99 Å². The fraction of sp³-hybridized carbons (Fsp3) is 0.611. The molecule has 1 fully saturated rings. The first-order valence-corrected chi connectivity index (χ1v) is 8.65. The van der Waals surface area contributed by atoms with Crippen molar-refractivity contribution in [1.82, 2.24) is 10.6 Å². The van der Waals surface area contributed by atoms with Gasteiger partial charge in [0.15, 0.2) is 5.96 Å². The molecule has 0 bridgehead atoms. The Bertz CT molecular complexity index is 508. The molecule has 1 aromatic rings. The van der Waals surface area contributed by atoms with Gasteiger partial charge in [0.05, 0.1) is 18.8 Å². The summed E-state index contributed by atoms with van der Waals surface area (Å²) in [5, 5.41) is 26.6.